The molecule has 0 amide bonds. The van der Waals surface area contributed by atoms with Crippen molar-refractivity contribution in [1.29, 1.82) is 0 Å². The fourth-order valence-electron chi connectivity index (χ4n) is 4.48. The van der Waals surface area contributed by atoms with Gasteiger partial charge < -0.3 is 9.80 Å². The van der Waals surface area contributed by atoms with Crippen LogP contribution in [-0.4, -0.2) is 48.6 Å². The highest BCUT2D eigenvalue weighted by Crippen LogP contribution is 2.37. The number of hydrogen-bond acceptors (Lipinski definition) is 2. The lowest BCUT2D eigenvalue weighted by Gasteiger charge is -2.26. The number of hydrogen-bond donors (Lipinski definition) is 0. The van der Waals surface area contributed by atoms with Crippen molar-refractivity contribution in [1.82, 2.24) is 9.80 Å². The van der Waals surface area contributed by atoms with E-state index in [1.807, 2.05) is 0 Å². The van der Waals surface area contributed by atoms with Crippen LogP contribution >= 0.6 is 0 Å². The molecular weight excluding hydrogens is 220 g/mol. The summed E-state index contributed by atoms with van der Waals surface area (Å²) in [7, 11) is 0. The second-order valence-electron chi connectivity index (χ2n) is 6.87. The molecule has 2 aliphatic heterocycles. The largest absolute Gasteiger partial charge is 0.303 e. The third-order valence-electron chi connectivity index (χ3n) is 5.65. The minimum Gasteiger partial charge on any atom is -0.303 e. The summed E-state index contributed by atoms with van der Waals surface area (Å²) in [5, 5.41) is 0. The van der Waals surface area contributed by atoms with E-state index in [9.17, 15) is 0 Å². The van der Waals surface area contributed by atoms with Gasteiger partial charge in [0.15, 0.2) is 0 Å². The highest BCUT2D eigenvalue weighted by molar-refractivity contribution is 4.91. The lowest BCUT2D eigenvalue weighted by atomic mass is 10.0. The van der Waals surface area contributed by atoms with Crippen molar-refractivity contribution in [3.05, 3.63) is 0 Å². The number of fused-ring (bicyclic) bond motifs is 2. The number of nitrogens with zero attached hydrogens (tertiary/aromatic N) is 2. The van der Waals surface area contributed by atoms with Gasteiger partial charge in [0, 0.05) is 19.1 Å². The fraction of sp³-hybridized carbons (Fsp3) is 1.00. The van der Waals surface area contributed by atoms with E-state index in [-0.39, 0.29) is 0 Å². The molecule has 0 aromatic carbocycles. The molecule has 0 radical (unpaired) electrons. The van der Waals surface area contributed by atoms with Gasteiger partial charge in [0.05, 0.1) is 0 Å². The smallest absolute Gasteiger partial charge is 0.00985 e. The fourth-order valence-corrected chi connectivity index (χ4v) is 4.48. The summed E-state index contributed by atoms with van der Waals surface area (Å²) >= 11 is 0. The molecule has 2 saturated heterocycles. The number of likely N-dealkylation sites (tertiary alicyclic amines) is 2. The van der Waals surface area contributed by atoms with Crippen molar-refractivity contribution >= 4 is 0 Å². The Labute approximate surface area is 113 Å². The molecule has 18 heavy (non-hydrogen) atoms. The zero-order valence-electron chi connectivity index (χ0n) is 12.1. The molecule has 0 spiro atoms. The van der Waals surface area contributed by atoms with Crippen LogP contribution in [0.1, 0.15) is 51.9 Å². The van der Waals surface area contributed by atoms with Crippen LogP contribution in [0.2, 0.25) is 0 Å². The van der Waals surface area contributed by atoms with Crippen LogP contribution in [0.3, 0.4) is 0 Å². The van der Waals surface area contributed by atoms with Gasteiger partial charge in [-0.25, -0.2) is 0 Å². The Morgan fingerprint density at radius 2 is 2.00 bits per heavy atom. The molecule has 2 nitrogen and oxygen atoms in total. The first-order valence-corrected chi connectivity index (χ1v) is 8.31. The van der Waals surface area contributed by atoms with E-state index in [1.54, 1.807) is 0 Å². The third kappa shape index (κ3) is 2.91. The summed E-state index contributed by atoms with van der Waals surface area (Å²) in [6.07, 6.45) is 10.4. The van der Waals surface area contributed by atoms with Crippen LogP contribution in [-0.2, 0) is 0 Å². The summed E-state index contributed by atoms with van der Waals surface area (Å²) in [5.41, 5.74) is 0. The molecule has 1 aliphatic carbocycles. The van der Waals surface area contributed by atoms with E-state index in [2.05, 4.69) is 16.7 Å². The number of rotatable bonds is 6. The van der Waals surface area contributed by atoms with Crippen LogP contribution < -0.4 is 0 Å². The summed E-state index contributed by atoms with van der Waals surface area (Å²) < 4.78 is 0. The van der Waals surface area contributed by atoms with Gasteiger partial charge in [-0.05, 0) is 70.0 Å². The van der Waals surface area contributed by atoms with Crippen LogP contribution in [0.4, 0.5) is 0 Å². The van der Waals surface area contributed by atoms with Gasteiger partial charge in [0.1, 0.15) is 0 Å². The van der Waals surface area contributed by atoms with Crippen molar-refractivity contribution < 1.29 is 0 Å². The van der Waals surface area contributed by atoms with Gasteiger partial charge >= 0.3 is 0 Å². The minimum atomic E-state index is 0.983. The predicted octanol–water partition coefficient (Wildman–Crippen LogP) is 2.98. The van der Waals surface area contributed by atoms with Gasteiger partial charge in [0.25, 0.3) is 0 Å². The highest BCUT2D eigenvalue weighted by Gasteiger charge is 2.36. The van der Waals surface area contributed by atoms with Crippen molar-refractivity contribution in [2.45, 2.75) is 57.9 Å². The average molecular weight is 250 g/mol. The molecule has 3 rings (SSSR count). The molecule has 0 N–H and O–H groups in total. The highest BCUT2D eigenvalue weighted by atomic mass is 15.2. The monoisotopic (exact) mass is 250 g/mol. The van der Waals surface area contributed by atoms with E-state index >= 15 is 0 Å². The zero-order chi connectivity index (χ0) is 12.4. The standard InChI is InChI=1S/C16H30N2/c1-2-17-10-8-14(12-17)5-3-4-9-18-13-15-6-7-16(18)11-15/h14-16H,2-13H2,1H3. The molecule has 2 heteroatoms. The topological polar surface area (TPSA) is 6.48 Å². The van der Waals surface area contributed by atoms with Crippen molar-refractivity contribution in [3.63, 3.8) is 0 Å². The molecule has 1 saturated carbocycles. The second kappa shape index (κ2) is 5.92. The molecule has 2 heterocycles. The minimum absolute atomic E-state index is 0.983. The van der Waals surface area contributed by atoms with Crippen LogP contribution in [0, 0.1) is 11.8 Å². The Morgan fingerprint density at radius 1 is 1.06 bits per heavy atom. The lowest BCUT2D eigenvalue weighted by Crippen LogP contribution is -2.32. The Morgan fingerprint density at radius 3 is 2.67 bits per heavy atom. The summed E-state index contributed by atoms with van der Waals surface area (Å²) in [5.74, 6) is 2.09. The lowest BCUT2D eigenvalue weighted by molar-refractivity contribution is 0.207. The van der Waals surface area contributed by atoms with Gasteiger partial charge in [-0.2, -0.15) is 0 Å². The maximum absolute atomic E-state index is 2.79. The van der Waals surface area contributed by atoms with E-state index in [0.29, 0.717) is 0 Å². The average Bonchev–Trinajstić information content (AvgIpc) is 3.10. The number of piperidine rings is 1. The SMILES string of the molecule is CCN1CCC(CCCCN2CC3CCC2C3)C1. The molecular formula is C16H30N2. The van der Waals surface area contributed by atoms with Gasteiger partial charge in [-0.1, -0.05) is 13.3 Å². The predicted molar refractivity (Wildman–Crippen MR) is 76.8 cm³/mol. The summed E-state index contributed by atoms with van der Waals surface area (Å²) in [4.78, 5) is 5.41. The first-order chi connectivity index (χ1) is 8.85. The molecule has 3 atom stereocenters. The Hall–Kier alpha value is -0.0800. The molecule has 3 unspecified atom stereocenters. The van der Waals surface area contributed by atoms with Crippen molar-refractivity contribution in [2.75, 3.05) is 32.7 Å². The maximum atomic E-state index is 2.79. The quantitative estimate of drug-likeness (QED) is 0.669. The molecule has 3 aliphatic rings. The van der Waals surface area contributed by atoms with E-state index in [0.717, 1.165) is 17.9 Å². The second-order valence-corrected chi connectivity index (χ2v) is 6.87. The third-order valence-corrected chi connectivity index (χ3v) is 5.65. The van der Waals surface area contributed by atoms with Gasteiger partial charge in [0.2, 0.25) is 0 Å². The number of unbranched alkanes of at least 4 members (excludes halogenated alkanes) is 1. The van der Waals surface area contributed by atoms with Crippen molar-refractivity contribution in [3.8, 4) is 0 Å². The van der Waals surface area contributed by atoms with E-state index in [1.165, 1.54) is 77.7 Å². The summed E-state index contributed by atoms with van der Waals surface area (Å²) in [6.45, 7) is 9.11. The van der Waals surface area contributed by atoms with Crippen LogP contribution in [0.25, 0.3) is 0 Å². The Kier molecular flexibility index (Phi) is 4.25. The zero-order valence-corrected chi connectivity index (χ0v) is 12.1. The van der Waals surface area contributed by atoms with Crippen LogP contribution in [0.5, 0.6) is 0 Å². The molecule has 0 aromatic heterocycles. The Bertz CT molecular complexity index is 266. The molecule has 3 fully saturated rings. The molecule has 0 aromatic rings. The van der Waals surface area contributed by atoms with E-state index < -0.39 is 0 Å². The first-order valence-electron chi connectivity index (χ1n) is 8.31. The van der Waals surface area contributed by atoms with Gasteiger partial charge in [-0.3, -0.25) is 0 Å². The first kappa shape index (κ1) is 12.9. The van der Waals surface area contributed by atoms with Crippen molar-refractivity contribution in [2.24, 2.45) is 11.8 Å². The molecule has 2 bridgehead atoms. The van der Waals surface area contributed by atoms with Crippen LogP contribution in [0.15, 0.2) is 0 Å². The summed E-state index contributed by atoms with van der Waals surface area (Å²) in [6, 6.07) is 0.983. The normalized spacial score (nSPS) is 36.8. The van der Waals surface area contributed by atoms with E-state index in [4.69, 9.17) is 0 Å². The molecule has 104 valence electrons. The maximum Gasteiger partial charge on any atom is 0.00985 e. The Balaban J connectivity index is 1.27. The van der Waals surface area contributed by atoms with Gasteiger partial charge in [-0.15, -0.1) is 0 Å².